The predicted octanol–water partition coefficient (Wildman–Crippen LogP) is 1.94. The Kier molecular flexibility index (Phi) is 6.75. The van der Waals surface area contributed by atoms with Crippen molar-refractivity contribution in [3.8, 4) is 5.75 Å². The number of aromatic nitrogens is 3. The summed E-state index contributed by atoms with van der Waals surface area (Å²) in [5.41, 5.74) is 0.650. The number of aliphatic carboxylic acids is 1. The maximum atomic E-state index is 11.8. The second-order valence-electron chi connectivity index (χ2n) is 5.18. The van der Waals surface area contributed by atoms with E-state index >= 15 is 0 Å². The van der Waals surface area contributed by atoms with Crippen LogP contribution in [0.3, 0.4) is 0 Å². The Balaban J connectivity index is 1.73. The number of amides is 1. The van der Waals surface area contributed by atoms with Gasteiger partial charge in [0.15, 0.2) is 0 Å². The summed E-state index contributed by atoms with van der Waals surface area (Å²) in [7, 11) is 0. The molecule has 2 N–H and O–H groups in total. The van der Waals surface area contributed by atoms with Gasteiger partial charge in [0.05, 0.1) is 6.54 Å². The largest absolute Gasteiger partial charge is 0.492 e. The minimum Gasteiger partial charge on any atom is -0.492 e. The molecule has 2 aromatic rings. The molecule has 0 unspecified atom stereocenters. The van der Waals surface area contributed by atoms with E-state index in [1.807, 2.05) is 6.07 Å². The number of rotatable bonds is 10. The number of carbonyl (C=O) groups excluding carboxylic acids is 1. The standard InChI is InChI=1S/C16H20N4O4/c21-15(6-1-2-7-16(22)23)19-13-4-3-5-14(10-13)24-9-8-20-12-17-11-18-20/h3-5,10-12H,1-2,6-9H2,(H,19,21)(H,22,23). The molecule has 0 aliphatic rings. The van der Waals surface area contributed by atoms with Crippen LogP contribution in [0.25, 0.3) is 0 Å². The molecular weight excluding hydrogens is 312 g/mol. The molecule has 0 atom stereocenters. The Labute approximate surface area is 139 Å². The van der Waals surface area contributed by atoms with Crippen LogP contribution in [0.5, 0.6) is 5.75 Å². The third kappa shape index (κ3) is 6.47. The number of hydrogen-bond donors (Lipinski definition) is 2. The Bertz CT molecular complexity index is 658. The van der Waals surface area contributed by atoms with Gasteiger partial charge in [-0.25, -0.2) is 9.67 Å². The first-order chi connectivity index (χ1) is 11.6. The zero-order valence-electron chi connectivity index (χ0n) is 13.2. The highest BCUT2D eigenvalue weighted by molar-refractivity contribution is 5.90. The fourth-order valence-electron chi connectivity index (χ4n) is 2.05. The summed E-state index contributed by atoms with van der Waals surface area (Å²) in [5, 5.41) is 15.3. The number of ether oxygens (including phenoxy) is 1. The molecule has 0 aliphatic heterocycles. The van der Waals surface area contributed by atoms with E-state index in [4.69, 9.17) is 9.84 Å². The van der Waals surface area contributed by atoms with Crippen molar-refractivity contribution in [3.05, 3.63) is 36.9 Å². The first-order valence-electron chi connectivity index (χ1n) is 7.70. The maximum Gasteiger partial charge on any atom is 0.303 e. The maximum absolute atomic E-state index is 11.8. The molecule has 0 spiro atoms. The summed E-state index contributed by atoms with van der Waals surface area (Å²) in [6.45, 7) is 1.02. The second kappa shape index (κ2) is 9.29. The number of nitrogens with zero attached hydrogens (tertiary/aromatic N) is 3. The lowest BCUT2D eigenvalue weighted by molar-refractivity contribution is -0.137. The quantitative estimate of drug-likeness (QED) is 0.644. The first kappa shape index (κ1) is 17.5. The summed E-state index contributed by atoms with van der Waals surface area (Å²) < 4.78 is 7.29. The van der Waals surface area contributed by atoms with Crippen molar-refractivity contribution in [1.29, 1.82) is 0 Å². The zero-order chi connectivity index (χ0) is 17.2. The molecule has 0 saturated heterocycles. The van der Waals surface area contributed by atoms with Crippen molar-refractivity contribution < 1.29 is 19.4 Å². The van der Waals surface area contributed by atoms with Crippen molar-refractivity contribution in [1.82, 2.24) is 14.8 Å². The van der Waals surface area contributed by atoms with Crippen LogP contribution in [-0.4, -0.2) is 38.4 Å². The van der Waals surface area contributed by atoms with E-state index in [9.17, 15) is 9.59 Å². The average Bonchev–Trinajstić information content (AvgIpc) is 3.05. The number of benzene rings is 1. The van der Waals surface area contributed by atoms with Crippen LogP contribution in [0.15, 0.2) is 36.9 Å². The van der Waals surface area contributed by atoms with Crippen molar-refractivity contribution >= 4 is 17.6 Å². The molecule has 8 heteroatoms. The van der Waals surface area contributed by atoms with Crippen LogP contribution in [0.4, 0.5) is 5.69 Å². The van der Waals surface area contributed by atoms with E-state index in [1.165, 1.54) is 6.33 Å². The van der Waals surface area contributed by atoms with E-state index < -0.39 is 5.97 Å². The minimum atomic E-state index is -0.842. The van der Waals surface area contributed by atoms with E-state index in [1.54, 1.807) is 29.2 Å². The molecule has 0 aliphatic carbocycles. The summed E-state index contributed by atoms with van der Waals surface area (Å²) in [4.78, 5) is 26.1. The van der Waals surface area contributed by atoms with Crippen LogP contribution >= 0.6 is 0 Å². The monoisotopic (exact) mass is 332 g/mol. The highest BCUT2D eigenvalue weighted by atomic mass is 16.5. The summed E-state index contributed by atoms with van der Waals surface area (Å²) >= 11 is 0. The molecule has 1 aromatic carbocycles. The Morgan fingerprint density at radius 3 is 2.83 bits per heavy atom. The molecule has 24 heavy (non-hydrogen) atoms. The molecule has 8 nitrogen and oxygen atoms in total. The van der Waals surface area contributed by atoms with Crippen LogP contribution in [-0.2, 0) is 16.1 Å². The fraction of sp³-hybridized carbons (Fsp3) is 0.375. The Hall–Kier alpha value is -2.90. The normalized spacial score (nSPS) is 10.3. The van der Waals surface area contributed by atoms with Gasteiger partial charge in [0.1, 0.15) is 25.0 Å². The Morgan fingerprint density at radius 2 is 2.08 bits per heavy atom. The third-order valence-electron chi connectivity index (χ3n) is 3.22. The van der Waals surface area contributed by atoms with Crippen LogP contribution in [0.2, 0.25) is 0 Å². The molecule has 2 rings (SSSR count). The van der Waals surface area contributed by atoms with Gasteiger partial charge in [-0.15, -0.1) is 0 Å². The van der Waals surface area contributed by atoms with Crippen molar-refractivity contribution in [2.24, 2.45) is 0 Å². The number of nitrogens with one attached hydrogen (secondary N) is 1. The highest BCUT2D eigenvalue weighted by Gasteiger charge is 2.05. The Morgan fingerprint density at radius 1 is 1.25 bits per heavy atom. The van der Waals surface area contributed by atoms with E-state index in [2.05, 4.69) is 15.4 Å². The van der Waals surface area contributed by atoms with Crippen molar-refractivity contribution in [2.45, 2.75) is 32.2 Å². The molecule has 0 bridgehead atoms. The lowest BCUT2D eigenvalue weighted by Gasteiger charge is -2.09. The predicted molar refractivity (Wildman–Crippen MR) is 86.7 cm³/mol. The fourth-order valence-corrected chi connectivity index (χ4v) is 2.05. The van der Waals surface area contributed by atoms with Gasteiger partial charge < -0.3 is 15.2 Å². The van der Waals surface area contributed by atoms with Gasteiger partial charge in [-0.2, -0.15) is 5.10 Å². The minimum absolute atomic E-state index is 0.0857. The number of carboxylic acids is 1. The SMILES string of the molecule is O=C(O)CCCCC(=O)Nc1cccc(OCCn2cncn2)c1. The summed E-state index contributed by atoms with van der Waals surface area (Å²) in [6.07, 6.45) is 4.50. The average molecular weight is 332 g/mol. The van der Waals surface area contributed by atoms with Gasteiger partial charge in [0, 0.05) is 24.6 Å². The lowest BCUT2D eigenvalue weighted by atomic mass is 10.2. The number of unbranched alkanes of at least 4 members (excludes halogenated alkanes) is 1. The van der Waals surface area contributed by atoms with E-state index in [0.29, 0.717) is 43.9 Å². The van der Waals surface area contributed by atoms with Crippen LogP contribution < -0.4 is 10.1 Å². The summed E-state index contributed by atoms with van der Waals surface area (Å²) in [5.74, 6) is -0.329. The second-order valence-corrected chi connectivity index (χ2v) is 5.18. The number of hydrogen-bond acceptors (Lipinski definition) is 5. The third-order valence-corrected chi connectivity index (χ3v) is 3.22. The molecular formula is C16H20N4O4. The van der Waals surface area contributed by atoms with Crippen molar-refractivity contribution in [3.63, 3.8) is 0 Å². The smallest absolute Gasteiger partial charge is 0.303 e. The van der Waals surface area contributed by atoms with Gasteiger partial charge in [-0.3, -0.25) is 9.59 Å². The number of anilines is 1. The number of carboxylic acid groups (broad SMARTS) is 1. The van der Waals surface area contributed by atoms with Gasteiger partial charge in [0.2, 0.25) is 5.91 Å². The van der Waals surface area contributed by atoms with E-state index in [-0.39, 0.29) is 12.3 Å². The van der Waals surface area contributed by atoms with Gasteiger partial charge in [-0.05, 0) is 25.0 Å². The lowest BCUT2D eigenvalue weighted by Crippen LogP contribution is -2.12. The van der Waals surface area contributed by atoms with Crippen molar-refractivity contribution in [2.75, 3.05) is 11.9 Å². The molecule has 1 aromatic heterocycles. The molecule has 128 valence electrons. The topological polar surface area (TPSA) is 106 Å². The molecule has 0 saturated carbocycles. The summed E-state index contributed by atoms with van der Waals surface area (Å²) in [6, 6.07) is 7.13. The molecule has 1 heterocycles. The first-order valence-corrected chi connectivity index (χ1v) is 7.70. The van der Waals surface area contributed by atoms with E-state index in [0.717, 1.165) is 0 Å². The van der Waals surface area contributed by atoms with Gasteiger partial charge in [-0.1, -0.05) is 6.07 Å². The highest BCUT2D eigenvalue weighted by Crippen LogP contribution is 2.18. The molecule has 1 amide bonds. The van der Waals surface area contributed by atoms with Gasteiger partial charge >= 0.3 is 5.97 Å². The van der Waals surface area contributed by atoms with Crippen LogP contribution in [0.1, 0.15) is 25.7 Å². The van der Waals surface area contributed by atoms with Gasteiger partial charge in [0.25, 0.3) is 0 Å². The molecule has 0 radical (unpaired) electrons. The zero-order valence-corrected chi connectivity index (χ0v) is 13.2. The van der Waals surface area contributed by atoms with Crippen LogP contribution in [0, 0.1) is 0 Å². The molecule has 0 fully saturated rings. The number of carbonyl (C=O) groups is 2.